The molecule has 0 unspecified atom stereocenters. The highest BCUT2D eigenvalue weighted by Crippen LogP contribution is 2.25. The molecule has 0 atom stereocenters. The summed E-state index contributed by atoms with van der Waals surface area (Å²) in [6.07, 6.45) is 0. The molecule has 0 fully saturated rings. The van der Waals surface area contributed by atoms with Gasteiger partial charge in [-0.3, -0.25) is 0 Å². The Kier molecular flexibility index (Phi) is 3.89. The van der Waals surface area contributed by atoms with Crippen LogP contribution >= 0.6 is 0 Å². The summed E-state index contributed by atoms with van der Waals surface area (Å²) >= 11 is 0. The highest BCUT2D eigenvalue weighted by molar-refractivity contribution is 7.85. The van der Waals surface area contributed by atoms with E-state index in [0.29, 0.717) is 5.69 Å². The Bertz CT molecular complexity index is 999. The first-order valence-corrected chi connectivity index (χ1v) is 8.39. The number of benzene rings is 3. The fourth-order valence-electron chi connectivity index (χ4n) is 2.35. The van der Waals surface area contributed by atoms with Crippen LogP contribution in [0.2, 0.25) is 0 Å². The lowest BCUT2D eigenvalue weighted by Gasteiger charge is -2.11. The fourth-order valence-corrected chi connectivity index (χ4v) is 2.65. The van der Waals surface area contributed by atoms with Gasteiger partial charge in [-0.05, 0) is 45.8 Å². The van der Waals surface area contributed by atoms with Gasteiger partial charge in [0.05, 0.1) is 0 Å². The number of carbonyl (C=O) groups excluding carboxylic acids is 1. The molecular weight excluding hydrogens is 316 g/mol. The monoisotopic (exact) mass is 329 g/mol. The van der Waals surface area contributed by atoms with Crippen LogP contribution in [0.4, 0.5) is 10.5 Å². The molecule has 0 bridgehead atoms. The van der Waals surface area contributed by atoms with Crippen LogP contribution < -0.4 is 10.6 Å². The molecule has 0 aliphatic rings. The van der Waals surface area contributed by atoms with Gasteiger partial charge in [-0.25, -0.2) is 13.2 Å². The van der Waals surface area contributed by atoms with Gasteiger partial charge in [0.2, 0.25) is 0 Å². The van der Waals surface area contributed by atoms with Gasteiger partial charge in [0.25, 0.3) is 0 Å². The van der Waals surface area contributed by atoms with Crippen LogP contribution in [0.5, 0.6) is 0 Å². The topological polar surface area (TPSA) is 98.3 Å². The number of nitrogens with one attached hydrogen (secondary N) is 2. The Hall–Kier alpha value is -2.64. The molecule has 3 aromatic carbocycles. The van der Waals surface area contributed by atoms with Crippen molar-refractivity contribution in [2.75, 3.05) is 11.2 Å². The number of hydrogen-bond donors (Lipinski definition) is 2. The summed E-state index contributed by atoms with van der Waals surface area (Å²) in [6, 6.07) is 16.6. The third-order valence-corrected chi connectivity index (χ3v) is 3.87. The van der Waals surface area contributed by atoms with Crippen molar-refractivity contribution in [3.05, 3.63) is 54.6 Å². The number of anilines is 1. The lowest BCUT2D eigenvalue weighted by Crippen LogP contribution is -2.33. The summed E-state index contributed by atoms with van der Waals surface area (Å²) < 4.78 is 31.5. The predicted octanol–water partition coefficient (Wildman–Crippen LogP) is 2.62. The molecule has 7 heteroatoms. The number of hydrogen-bond acceptors (Lipinski definition) is 4. The van der Waals surface area contributed by atoms with E-state index in [0.717, 1.165) is 21.5 Å². The lowest BCUT2D eigenvalue weighted by atomic mass is 10.0. The van der Waals surface area contributed by atoms with Gasteiger partial charge in [-0.2, -0.15) is 0 Å². The molecule has 3 rings (SSSR count). The van der Waals surface area contributed by atoms with E-state index >= 15 is 0 Å². The lowest BCUT2D eigenvalue weighted by molar-refractivity contribution is 0.253. The van der Waals surface area contributed by atoms with Gasteiger partial charge in [-0.15, -0.1) is 0 Å². The number of amides is 2. The minimum Gasteiger partial charge on any atom is -0.747 e. The predicted molar refractivity (Wildman–Crippen MR) is 88.2 cm³/mol. The smallest absolute Gasteiger partial charge is 0.320 e. The van der Waals surface area contributed by atoms with E-state index in [1.807, 2.05) is 41.7 Å². The first-order chi connectivity index (χ1) is 10.9. The van der Waals surface area contributed by atoms with E-state index in [9.17, 15) is 17.8 Å². The van der Waals surface area contributed by atoms with E-state index in [1.54, 1.807) is 12.1 Å². The Morgan fingerprint density at radius 3 is 2.17 bits per heavy atom. The maximum Gasteiger partial charge on any atom is 0.320 e. The summed E-state index contributed by atoms with van der Waals surface area (Å²) in [4.78, 5) is 11.6. The van der Waals surface area contributed by atoms with Crippen LogP contribution in [0, 0.1) is 0 Å². The number of fused-ring (bicyclic) bond motifs is 2. The largest absolute Gasteiger partial charge is 0.747 e. The molecular formula is C16H13N2O4S-. The van der Waals surface area contributed by atoms with Crippen molar-refractivity contribution in [1.29, 1.82) is 0 Å². The van der Waals surface area contributed by atoms with Crippen LogP contribution in [0.3, 0.4) is 0 Å². The maximum absolute atomic E-state index is 11.6. The summed E-state index contributed by atoms with van der Waals surface area (Å²) in [5.74, 6) is -0.947. The Labute approximate surface area is 132 Å². The zero-order valence-electron chi connectivity index (χ0n) is 11.9. The van der Waals surface area contributed by atoms with Gasteiger partial charge >= 0.3 is 6.03 Å². The van der Waals surface area contributed by atoms with Gasteiger partial charge in [-0.1, -0.05) is 30.3 Å². The quantitative estimate of drug-likeness (QED) is 0.570. The van der Waals surface area contributed by atoms with Crippen molar-refractivity contribution in [2.45, 2.75) is 0 Å². The van der Waals surface area contributed by atoms with Crippen LogP contribution in [0.25, 0.3) is 21.5 Å². The Morgan fingerprint density at radius 2 is 1.52 bits per heavy atom. The van der Waals surface area contributed by atoms with E-state index in [2.05, 4.69) is 11.4 Å². The standard InChI is InChI=1S/C16H14N2O4S/c19-16(17-10-23(20,21)22)18-15-6-5-13-7-11-3-1-2-4-12(11)8-14(13)9-15/h1-9H,10H2,(H2,17,18,19)(H,20,21,22)/p-1. The highest BCUT2D eigenvalue weighted by Gasteiger charge is 2.05. The SMILES string of the molecule is O=C(NCS(=O)(=O)[O-])Nc1ccc2cc3ccccc3cc2c1. The Balaban J connectivity index is 1.85. The summed E-state index contributed by atoms with van der Waals surface area (Å²) in [5, 5.41) is 8.67. The second-order valence-corrected chi connectivity index (χ2v) is 6.50. The first kappa shape index (κ1) is 15.3. The molecule has 6 nitrogen and oxygen atoms in total. The van der Waals surface area contributed by atoms with Crippen molar-refractivity contribution in [1.82, 2.24) is 5.32 Å². The maximum atomic E-state index is 11.6. The molecule has 2 N–H and O–H groups in total. The second kappa shape index (κ2) is 5.86. The van der Waals surface area contributed by atoms with Crippen LogP contribution in [-0.2, 0) is 10.1 Å². The van der Waals surface area contributed by atoms with Gasteiger partial charge < -0.3 is 15.2 Å². The molecule has 23 heavy (non-hydrogen) atoms. The molecule has 0 heterocycles. The minimum absolute atomic E-state index is 0.508. The van der Waals surface area contributed by atoms with E-state index in [4.69, 9.17) is 0 Å². The highest BCUT2D eigenvalue weighted by atomic mass is 32.2. The van der Waals surface area contributed by atoms with Crippen molar-refractivity contribution in [3.8, 4) is 0 Å². The average molecular weight is 329 g/mol. The first-order valence-electron chi connectivity index (χ1n) is 6.82. The van der Waals surface area contributed by atoms with E-state index in [1.165, 1.54) is 0 Å². The Morgan fingerprint density at radius 1 is 0.913 bits per heavy atom. The third-order valence-electron chi connectivity index (χ3n) is 3.37. The molecule has 0 saturated carbocycles. The van der Waals surface area contributed by atoms with Gasteiger partial charge in [0.15, 0.2) is 0 Å². The summed E-state index contributed by atoms with van der Waals surface area (Å²) in [5.41, 5.74) is 0.508. The van der Waals surface area contributed by atoms with Crippen molar-refractivity contribution < 1.29 is 17.8 Å². The minimum atomic E-state index is -4.49. The van der Waals surface area contributed by atoms with Gasteiger partial charge in [0, 0.05) is 5.69 Å². The molecule has 0 aliphatic carbocycles. The molecule has 0 aliphatic heterocycles. The molecule has 0 saturated heterocycles. The second-order valence-electron chi connectivity index (χ2n) is 5.09. The van der Waals surface area contributed by atoms with Crippen molar-refractivity contribution >= 4 is 43.4 Å². The molecule has 0 spiro atoms. The zero-order valence-corrected chi connectivity index (χ0v) is 12.8. The van der Waals surface area contributed by atoms with Crippen LogP contribution in [-0.4, -0.2) is 24.9 Å². The van der Waals surface area contributed by atoms with Crippen LogP contribution in [0.1, 0.15) is 0 Å². The average Bonchev–Trinajstić information content (AvgIpc) is 2.50. The fraction of sp³-hybridized carbons (Fsp3) is 0.0625. The van der Waals surface area contributed by atoms with Crippen molar-refractivity contribution in [2.24, 2.45) is 0 Å². The zero-order chi connectivity index (χ0) is 16.4. The van der Waals surface area contributed by atoms with E-state index in [-0.39, 0.29) is 0 Å². The van der Waals surface area contributed by atoms with E-state index < -0.39 is 22.0 Å². The molecule has 0 aromatic heterocycles. The normalized spacial score (nSPS) is 11.5. The van der Waals surface area contributed by atoms with Crippen molar-refractivity contribution in [3.63, 3.8) is 0 Å². The summed E-state index contributed by atoms with van der Waals surface area (Å²) in [7, 11) is -4.49. The third kappa shape index (κ3) is 3.77. The van der Waals surface area contributed by atoms with Crippen LogP contribution in [0.15, 0.2) is 54.6 Å². The molecule has 2 amide bonds. The molecule has 3 aromatic rings. The number of urea groups is 1. The number of carbonyl (C=O) groups is 1. The summed E-state index contributed by atoms with van der Waals surface area (Å²) in [6.45, 7) is 0. The molecule has 118 valence electrons. The van der Waals surface area contributed by atoms with Gasteiger partial charge in [0.1, 0.15) is 16.0 Å². The number of rotatable bonds is 3. The molecule has 0 radical (unpaired) electrons.